The van der Waals surface area contributed by atoms with Crippen molar-refractivity contribution in [2.45, 2.75) is 52.6 Å². The van der Waals surface area contributed by atoms with E-state index in [9.17, 15) is 4.79 Å². The fourth-order valence-electron chi connectivity index (χ4n) is 4.03. The van der Waals surface area contributed by atoms with Crippen molar-refractivity contribution in [3.8, 4) is 0 Å². The molecule has 5 heteroatoms. The number of rotatable bonds is 7. The van der Waals surface area contributed by atoms with Crippen molar-refractivity contribution in [3.05, 3.63) is 113 Å². The monoisotopic (exact) mass is 455 g/mol. The lowest BCUT2D eigenvalue weighted by atomic mass is 9.85. The first-order chi connectivity index (χ1) is 16.2. The molecule has 0 bridgehead atoms. The first-order valence-electron chi connectivity index (χ1n) is 11.7. The molecule has 3 aromatic heterocycles. The van der Waals surface area contributed by atoms with Crippen molar-refractivity contribution in [2.24, 2.45) is 7.05 Å². The molecule has 4 aromatic rings. The summed E-state index contributed by atoms with van der Waals surface area (Å²) in [6.45, 7) is 9.71. The van der Waals surface area contributed by atoms with E-state index in [1.807, 2.05) is 48.1 Å². The number of hydrogen-bond donors (Lipinski definition) is 0. The normalized spacial score (nSPS) is 11.6. The van der Waals surface area contributed by atoms with Crippen LogP contribution in [0.4, 0.5) is 0 Å². The van der Waals surface area contributed by atoms with E-state index >= 15 is 0 Å². The van der Waals surface area contributed by atoms with E-state index in [2.05, 4.69) is 50.9 Å². The maximum absolute atomic E-state index is 13.5. The highest BCUT2D eigenvalue weighted by molar-refractivity contribution is 5.91. The summed E-state index contributed by atoms with van der Waals surface area (Å²) in [6.07, 6.45) is 6.18. The number of nitrogens with zero attached hydrogens (tertiary/aromatic N) is 3. The molecule has 0 aliphatic carbocycles. The van der Waals surface area contributed by atoms with Crippen molar-refractivity contribution in [1.29, 1.82) is 0 Å². The van der Waals surface area contributed by atoms with Gasteiger partial charge in [0, 0.05) is 44.3 Å². The van der Waals surface area contributed by atoms with Gasteiger partial charge in [-0.15, -0.1) is 0 Å². The Morgan fingerprint density at radius 2 is 1.88 bits per heavy atom. The van der Waals surface area contributed by atoms with Crippen LogP contribution in [0.5, 0.6) is 0 Å². The van der Waals surface area contributed by atoms with Gasteiger partial charge in [0.15, 0.2) is 5.76 Å². The second-order valence-corrected chi connectivity index (χ2v) is 9.97. The van der Waals surface area contributed by atoms with Gasteiger partial charge in [-0.25, -0.2) is 0 Å². The van der Waals surface area contributed by atoms with Crippen LogP contribution in [0.25, 0.3) is 0 Å². The summed E-state index contributed by atoms with van der Waals surface area (Å²) in [5, 5.41) is 0. The van der Waals surface area contributed by atoms with E-state index in [4.69, 9.17) is 4.42 Å². The van der Waals surface area contributed by atoms with Crippen molar-refractivity contribution in [2.75, 3.05) is 0 Å². The number of benzene rings is 1. The molecule has 0 saturated heterocycles. The van der Waals surface area contributed by atoms with Gasteiger partial charge < -0.3 is 13.9 Å². The number of amides is 1. The summed E-state index contributed by atoms with van der Waals surface area (Å²) >= 11 is 0. The molecule has 0 radical (unpaired) electrons. The molecule has 0 fully saturated rings. The van der Waals surface area contributed by atoms with E-state index in [-0.39, 0.29) is 11.3 Å². The summed E-state index contributed by atoms with van der Waals surface area (Å²) in [7, 11) is 1.99. The summed E-state index contributed by atoms with van der Waals surface area (Å²) in [6, 6.07) is 18.2. The van der Waals surface area contributed by atoms with Crippen LogP contribution in [-0.2, 0) is 32.0 Å². The molecule has 4 rings (SSSR count). The average molecular weight is 456 g/mol. The molecule has 0 N–H and O–H groups in total. The molecule has 0 aliphatic rings. The van der Waals surface area contributed by atoms with Gasteiger partial charge in [-0.3, -0.25) is 9.78 Å². The van der Waals surface area contributed by atoms with Crippen molar-refractivity contribution < 1.29 is 9.21 Å². The van der Waals surface area contributed by atoms with Crippen molar-refractivity contribution in [1.82, 2.24) is 14.5 Å². The van der Waals surface area contributed by atoms with Crippen LogP contribution < -0.4 is 0 Å². The SMILES string of the molecule is Cc1ccc(C(C)(C)C)cc1Cc1ccc(C(=O)N(Cc2cccnc2)Cc2cccn2C)o1. The zero-order valence-electron chi connectivity index (χ0n) is 20.7. The zero-order valence-corrected chi connectivity index (χ0v) is 20.7. The highest BCUT2D eigenvalue weighted by Gasteiger charge is 2.22. The van der Waals surface area contributed by atoms with Crippen LogP contribution in [0, 0.1) is 6.92 Å². The molecule has 3 heterocycles. The number of furan rings is 1. The molecule has 34 heavy (non-hydrogen) atoms. The van der Waals surface area contributed by atoms with Crippen LogP contribution >= 0.6 is 0 Å². The Labute approximate surface area is 202 Å². The lowest BCUT2D eigenvalue weighted by Gasteiger charge is -2.22. The maximum atomic E-state index is 13.5. The molecule has 0 atom stereocenters. The molecule has 5 nitrogen and oxygen atoms in total. The lowest BCUT2D eigenvalue weighted by Crippen LogP contribution is -2.30. The van der Waals surface area contributed by atoms with E-state index < -0.39 is 0 Å². The average Bonchev–Trinajstić information content (AvgIpc) is 3.43. The van der Waals surface area contributed by atoms with E-state index in [0.717, 1.165) is 17.0 Å². The highest BCUT2D eigenvalue weighted by Crippen LogP contribution is 2.26. The molecular weight excluding hydrogens is 422 g/mol. The molecule has 0 aliphatic heterocycles. The Morgan fingerprint density at radius 3 is 2.56 bits per heavy atom. The van der Waals surface area contributed by atoms with Crippen LogP contribution in [-0.4, -0.2) is 20.4 Å². The second kappa shape index (κ2) is 9.72. The maximum Gasteiger partial charge on any atom is 0.290 e. The van der Waals surface area contributed by atoms with Gasteiger partial charge in [0.1, 0.15) is 5.76 Å². The standard InChI is InChI=1S/C29H33N3O2/c1-21-10-11-24(29(2,3)4)16-23(21)17-26-12-13-27(34-26)28(33)32(19-22-8-6-14-30-18-22)20-25-9-7-15-31(25)5/h6-16,18H,17,19-20H2,1-5H3. The Kier molecular flexibility index (Phi) is 6.73. The molecule has 0 saturated carbocycles. The third-order valence-electron chi connectivity index (χ3n) is 6.24. The predicted octanol–water partition coefficient (Wildman–Crippen LogP) is 6.05. The van der Waals surface area contributed by atoms with Gasteiger partial charge >= 0.3 is 0 Å². The number of aromatic nitrogens is 2. The molecule has 176 valence electrons. The lowest BCUT2D eigenvalue weighted by molar-refractivity contribution is 0.0692. The van der Waals surface area contributed by atoms with E-state index in [1.54, 1.807) is 23.4 Å². The fourth-order valence-corrected chi connectivity index (χ4v) is 4.03. The van der Waals surface area contributed by atoms with Crippen molar-refractivity contribution in [3.63, 3.8) is 0 Å². The van der Waals surface area contributed by atoms with Crippen molar-refractivity contribution >= 4 is 5.91 Å². The first-order valence-corrected chi connectivity index (χ1v) is 11.7. The minimum absolute atomic E-state index is 0.0798. The number of carbonyl (C=O) groups is 1. The Morgan fingerprint density at radius 1 is 1.06 bits per heavy atom. The molecule has 1 aromatic carbocycles. The topological polar surface area (TPSA) is 51.3 Å². The molecular formula is C29H33N3O2. The van der Waals surface area contributed by atoms with Gasteiger partial charge in [-0.1, -0.05) is 45.0 Å². The van der Waals surface area contributed by atoms with Gasteiger partial charge in [0.05, 0.1) is 6.54 Å². The second-order valence-electron chi connectivity index (χ2n) is 9.97. The highest BCUT2D eigenvalue weighted by atomic mass is 16.4. The number of pyridine rings is 1. The third-order valence-corrected chi connectivity index (χ3v) is 6.24. The summed E-state index contributed by atoms with van der Waals surface area (Å²) < 4.78 is 8.11. The van der Waals surface area contributed by atoms with Gasteiger partial charge in [-0.05, 0) is 64.9 Å². The van der Waals surface area contributed by atoms with Gasteiger partial charge in [-0.2, -0.15) is 0 Å². The van der Waals surface area contributed by atoms with Crippen LogP contribution in [0.1, 0.15) is 65.0 Å². The third kappa shape index (κ3) is 5.48. The fraction of sp³-hybridized carbons (Fsp3) is 0.310. The van der Waals surface area contributed by atoms with Gasteiger partial charge in [0.2, 0.25) is 0 Å². The first kappa shape index (κ1) is 23.6. The van der Waals surface area contributed by atoms with E-state index in [0.29, 0.717) is 25.3 Å². The summed E-state index contributed by atoms with van der Waals surface area (Å²) in [5.41, 5.74) is 5.85. The predicted molar refractivity (Wildman–Crippen MR) is 135 cm³/mol. The number of carbonyl (C=O) groups excluding carboxylic acids is 1. The summed E-state index contributed by atoms with van der Waals surface area (Å²) in [5.74, 6) is 1.02. The van der Waals surface area contributed by atoms with Crippen LogP contribution in [0.3, 0.4) is 0 Å². The van der Waals surface area contributed by atoms with E-state index in [1.165, 1.54) is 16.7 Å². The summed E-state index contributed by atoms with van der Waals surface area (Å²) in [4.78, 5) is 19.5. The van der Waals surface area contributed by atoms with Crippen LogP contribution in [0.2, 0.25) is 0 Å². The smallest absolute Gasteiger partial charge is 0.290 e. The number of aryl methyl sites for hydroxylation is 2. The quantitative estimate of drug-likeness (QED) is 0.341. The molecule has 0 spiro atoms. The Bertz CT molecular complexity index is 1260. The molecule has 0 unspecified atom stereocenters. The van der Waals surface area contributed by atoms with Gasteiger partial charge in [0.25, 0.3) is 5.91 Å². The number of hydrogen-bond acceptors (Lipinski definition) is 3. The Hall–Kier alpha value is -3.60. The largest absolute Gasteiger partial charge is 0.456 e. The minimum atomic E-state index is -0.128. The Balaban J connectivity index is 1.56. The minimum Gasteiger partial charge on any atom is -0.456 e. The van der Waals surface area contributed by atoms with Crippen LogP contribution in [0.15, 0.2) is 77.6 Å². The zero-order chi connectivity index (χ0) is 24.3. The molecule has 1 amide bonds.